The van der Waals surface area contributed by atoms with E-state index in [2.05, 4.69) is 39.0 Å². The maximum absolute atomic E-state index is 9.11. The molecule has 0 aliphatic heterocycles. The summed E-state index contributed by atoms with van der Waals surface area (Å²) in [7, 11) is 0. The van der Waals surface area contributed by atoms with Gasteiger partial charge in [-0.3, -0.25) is 0 Å². The molecular weight excluding hydrogens is 212 g/mol. The molecule has 0 fully saturated rings. The van der Waals surface area contributed by atoms with Gasteiger partial charge in [0.1, 0.15) is 0 Å². The molecule has 0 saturated heterocycles. The maximum atomic E-state index is 9.11. The first-order valence-electron chi connectivity index (χ1n) is 6.28. The second-order valence-corrected chi connectivity index (χ2v) is 5.79. The van der Waals surface area contributed by atoms with Gasteiger partial charge in [-0.15, -0.1) is 0 Å². The standard InChI is InChI=1S/C15H24O2/c1-15(2,3)11-14-5-4-12(6-8-16)10-13(14)7-9-17/h4-5,10,16-17H,6-9,11H2,1-3H3. The van der Waals surface area contributed by atoms with E-state index in [9.17, 15) is 0 Å². The van der Waals surface area contributed by atoms with Crippen LogP contribution in [0.3, 0.4) is 0 Å². The fourth-order valence-electron chi connectivity index (χ4n) is 2.06. The predicted octanol–water partition coefficient (Wildman–Crippen LogP) is 2.34. The van der Waals surface area contributed by atoms with Crippen LogP contribution in [-0.2, 0) is 19.3 Å². The summed E-state index contributed by atoms with van der Waals surface area (Å²) in [6.45, 7) is 7.02. The van der Waals surface area contributed by atoms with Crippen molar-refractivity contribution in [1.82, 2.24) is 0 Å². The van der Waals surface area contributed by atoms with E-state index >= 15 is 0 Å². The zero-order valence-electron chi connectivity index (χ0n) is 11.2. The van der Waals surface area contributed by atoms with Crippen LogP contribution in [0, 0.1) is 5.41 Å². The molecule has 96 valence electrons. The molecule has 2 heteroatoms. The van der Waals surface area contributed by atoms with Crippen molar-refractivity contribution in [3.05, 3.63) is 34.9 Å². The Balaban J connectivity index is 2.95. The Labute approximate surface area is 104 Å². The monoisotopic (exact) mass is 236 g/mol. The second-order valence-electron chi connectivity index (χ2n) is 5.79. The fraction of sp³-hybridized carbons (Fsp3) is 0.600. The Morgan fingerprint density at radius 2 is 1.59 bits per heavy atom. The molecule has 0 aromatic heterocycles. The lowest BCUT2D eigenvalue weighted by molar-refractivity contribution is 0.297. The molecule has 2 N–H and O–H groups in total. The van der Waals surface area contributed by atoms with Gasteiger partial charge in [0.25, 0.3) is 0 Å². The molecule has 0 unspecified atom stereocenters. The summed E-state index contributed by atoms with van der Waals surface area (Å²) in [5, 5.41) is 18.1. The number of hydrogen-bond acceptors (Lipinski definition) is 2. The van der Waals surface area contributed by atoms with Gasteiger partial charge in [0.2, 0.25) is 0 Å². The van der Waals surface area contributed by atoms with Crippen molar-refractivity contribution >= 4 is 0 Å². The van der Waals surface area contributed by atoms with Crippen molar-refractivity contribution in [3.8, 4) is 0 Å². The highest BCUT2D eigenvalue weighted by atomic mass is 16.3. The van der Waals surface area contributed by atoms with E-state index in [0.717, 1.165) is 12.0 Å². The lowest BCUT2D eigenvalue weighted by Crippen LogP contribution is -2.12. The summed E-state index contributed by atoms with van der Waals surface area (Å²) in [4.78, 5) is 0. The molecule has 0 bridgehead atoms. The van der Waals surface area contributed by atoms with Crippen LogP contribution in [0.2, 0.25) is 0 Å². The summed E-state index contributed by atoms with van der Waals surface area (Å²) in [5.41, 5.74) is 3.93. The summed E-state index contributed by atoms with van der Waals surface area (Å²) < 4.78 is 0. The van der Waals surface area contributed by atoms with Crippen molar-refractivity contribution in [2.24, 2.45) is 5.41 Å². The van der Waals surface area contributed by atoms with E-state index in [1.54, 1.807) is 0 Å². The summed E-state index contributed by atoms with van der Waals surface area (Å²) in [6, 6.07) is 6.34. The molecular formula is C15H24O2. The molecule has 1 aromatic rings. The SMILES string of the molecule is CC(C)(C)Cc1ccc(CCO)cc1CCO. The highest BCUT2D eigenvalue weighted by molar-refractivity contribution is 5.33. The number of benzene rings is 1. The number of aliphatic hydroxyl groups excluding tert-OH is 2. The number of hydrogen-bond donors (Lipinski definition) is 2. The van der Waals surface area contributed by atoms with Gasteiger partial charge in [0.15, 0.2) is 0 Å². The first-order valence-corrected chi connectivity index (χ1v) is 6.28. The van der Waals surface area contributed by atoms with Crippen molar-refractivity contribution in [1.29, 1.82) is 0 Å². The van der Waals surface area contributed by atoms with Gasteiger partial charge in [-0.05, 0) is 41.4 Å². The van der Waals surface area contributed by atoms with Crippen molar-refractivity contribution in [2.45, 2.75) is 40.0 Å². The summed E-state index contributed by atoms with van der Waals surface area (Å²) in [6.07, 6.45) is 2.40. The van der Waals surface area contributed by atoms with Crippen LogP contribution in [0.4, 0.5) is 0 Å². The minimum Gasteiger partial charge on any atom is -0.396 e. The van der Waals surface area contributed by atoms with Crippen molar-refractivity contribution in [2.75, 3.05) is 13.2 Å². The molecule has 0 atom stereocenters. The largest absolute Gasteiger partial charge is 0.396 e. The predicted molar refractivity (Wildman–Crippen MR) is 71.2 cm³/mol. The van der Waals surface area contributed by atoms with E-state index < -0.39 is 0 Å². The Bertz CT molecular complexity index is 350. The van der Waals surface area contributed by atoms with Crippen molar-refractivity contribution < 1.29 is 10.2 Å². The molecule has 2 nitrogen and oxygen atoms in total. The minimum absolute atomic E-state index is 0.178. The molecule has 1 aromatic carbocycles. The van der Waals surface area contributed by atoms with Crippen LogP contribution in [0.15, 0.2) is 18.2 Å². The molecule has 1 rings (SSSR count). The topological polar surface area (TPSA) is 40.5 Å². The highest BCUT2D eigenvalue weighted by Gasteiger charge is 2.14. The lowest BCUT2D eigenvalue weighted by atomic mass is 9.85. The van der Waals surface area contributed by atoms with Crippen molar-refractivity contribution in [3.63, 3.8) is 0 Å². The van der Waals surface area contributed by atoms with Crippen LogP contribution in [-0.4, -0.2) is 23.4 Å². The first kappa shape index (κ1) is 14.2. The van der Waals surface area contributed by atoms with E-state index in [1.165, 1.54) is 11.1 Å². The van der Waals surface area contributed by atoms with Gasteiger partial charge in [0.05, 0.1) is 0 Å². The third kappa shape index (κ3) is 4.88. The third-order valence-electron chi connectivity index (χ3n) is 2.77. The second kappa shape index (κ2) is 6.18. The van der Waals surface area contributed by atoms with Crippen LogP contribution >= 0.6 is 0 Å². The summed E-state index contributed by atoms with van der Waals surface area (Å²) >= 11 is 0. The van der Waals surface area contributed by atoms with Crippen LogP contribution in [0.5, 0.6) is 0 Å². The zero-order valence-corrected chi connectivity index (χ0v) is 11.2. The Hall–Kier alpha value is -0.860. The molecule has 0 aliphatic carbocycles. The minimum atomic E-state index is 0.178. The van der Waals surface area contributed by atoms with Gasteiger partial charge in [0, 0.05) is 13.2 Å². The fourth-order valence-corrected chi connectivity index (χ4v) is 2.06. The van der Waals surface area contributed by atoms with Gasteiger partial charge in [-0.25, -0.2) is 0 Å². The van der Waals surface area contributed by atoms with Gasteiger partial charge in [-0.2, -0.15) is 0 Å². The van der Waals surface area contributed by atoms with Crippen LogP contribution < -0.4 is 0 Å². The molecule has 0 spiro atoms. The first-order chi connectivity index (χ1) is 7.96. The average molecular weight is 236 g/mol. The average Bonchev–Trinajstić information content (AvgIpc) is 2.21. The number of aliphatic hydroxyl groups is 2. The van der Waals surface area contributed by atoms with Gasteiger partial charge < -0.3 is 10.2 Å². The normalized spacial score (nSPS) is 11.8. The Morgan fingerprint density at radius 1 is 0.941 bits per heavy atom. The molecule has 0 heterocycles. The Kier molecular flexibility index (Phi) is 5.16. The highest BCUT2D eigenvalue weighted by Crippen LogP contribution is 2.24. The smallest absolute Gasteiger partial charge is 0.0471 e. The van der Waals surface area contributed by atoms with E-state index in [1.807, 2.05) is 0 Å². The molecule has 0 saturated carbocycles. The van der Waals surface area contributed by atoms with E-state index in [4.69, 9.17) is 10.2 Å². The third-order valence-corrected chi connectivity index (χ3v) is 2.77. The quantitative estimate of drug-likeness (QED) is 0.824. The maximum Gasteiger partial charge on any atom is 0.0471 e. The van der Waals surface area contributed by atoms with Crippen LogP contribution in [0.1, 0.15) is 37.5 Å². The molecule has 17 heavy (non-hydrogen) atoms. The van der Waals surface area contributed by atoms with E-state index in [-0.39, 0.29) is 18.6 Å². The van der Waals surface area contributed by atoms with Gasteiger partial charge in [-0.1, -0.05) is 39.0 Å². The number of rotatable bonds is 5. The summed E-state index contributed by atoms with van der Waals surface area (Å²) in [5.74, 6) is 0. The van der Waals surface area contributed by atoms with Crippen LogP contribution in [0.25, 0.3) is 0 Å². The zero-order chi connectivity index (χ0) is 12.9. The van der Waals surface area contributed by atoms with Gasteiger partial charge >= 0.3 is 0 Å². The molecule has 0 aliphatic rings. The Morgan fingerprint density at radius 3 is 2.12 bits per heavy atom. The molecule has 0 radical (unpaired) electrons. The van der Waals surface area contributed by atoms with E-state index in [0.29, 0.717) is 12.8 Å². The molecule has 0 amide bonds. The lowest BCUT2D eigenvalue weighted by Gasteiger charge is -2.21.